The number of allylic oxidation sites excluding steroid dienone is 1. The fourth-order valence-electron chi connectivity index (χ4n) is 3.57. The van der Waals surface area contributed by atoms with Gasteiger partial charge in [-0.05, 0) is 36.2 Å². The van der Waals surface area contributed by atoms with Crippen molar-refractivity contribution < 1.29 is 4.74 Å². The minimum atomic E-state index is -0.343. The Morgan fingerprint density at radius 2 is 1.89 bits per heavy atom. The van der Waals surface area contributed by atoms with E-state index in [0.717, 1.165) is 35.3 Å². The van der Waals surface area contributed by atoms with E-state index >= 15 is 0 Å². The highest BCUT2D eigenvalue weighted by Gasteiger charge is 2.36. The van der Waals surface area contributed by atoms with Crippen LogP contribution in [-0.2, 0) is 6.42 Å². The van der Waals surface area contributed by atoms with Crippen molar-refractivity contribution in [2.75, 3.05) is 0 Å². The topological polar surface area (TPSA) is 76.9 Å². The lowest BCUT2D eigenvalue weighted by Gasteiger charge is -2.25. The van der Waals surface area contributed by atoms with E-state index < -0.39 is 0 Å². The smallest absolute Gasteiger partial charge is 0.229 e. The van der Waals surface area contributed by atoms with Gasteiger partial charge in [-0.3, -0.25) is 0 Å². The Morgan fingerprint density at radius 1 is 1.18 bits per heavy atom. The summed E-state index contributed by atoms with van der Waals surface area (Å²) in [6.07, 6.45) is 1.70. The molecule has 0 saturated heterocycles. The Labute approximate surface area is 168 Å². The molecule has 0 unspecified atom stereocenters. The fourth-order valence-corrected chi connectivity index (χ4v) is 3.69. The molecule has 1 atom stereocenters. The van der Waals surface area contributed by atoms with Crippen molar-refractivity contribution in [1.29, 1.82) is 5.26 Å². The van der Waals surface area contributed by atoms with E-state index in [4.69, 9.17) is 27.2 Å². The summed E-state index contributed by atoms with van der Waals surface area (Å²) in [5, 5.41) is 15.3. The quantitative estimate of drug-likeness (QED) is 0.700. The molecule has 140 valence electrons. The summed E-state index contributed by atoms with van der Waals surface area (Å²) in [4.78, 5) is 0. The molecule has 0 saturated carbocycles. The van der Waals surface area contributed by atoms with Gasteiger partial charge in [0.15, 0.2) is 0 Å². The lowest BCUT2D eigenvalue weighted by molar-refractivity contribution is 0.367. The Kier molecular flexibility index (Phi) is 4.81. The zero-order chi connectivity index (χ0) is 19.7. The van der Waals surface area contributed by atoms with Gasteiger partial charge in [0, 0.05) is 5.02 Å². The third kappa shape index (κ3) is 3.02. The van der Waals surface area contributed by atoms with Gasteiger partial charge < -0.3 is 10.5 Å². The molecule has 1 aliphatic rings. The second-order valence-electron chi connectivity index (χ2n) is 6.64. The van der Waals surface area contributed by atoms with E-state index in [1.807, 2.05) is 54.6 Å². The van der Waals surface area contributed by atoms with Crippen LogP contribution in [0, 0.1) is 11.3 Å². The number of nitriles is 1. The molecular weight excluding hydrogens is 372 g/mol. The predicted octanol–water partition coefficient (Wildman–Crippen LogP) is 4.70. The molecule has 0 aliphatic carbocycles. The lowest BCUT2D eigenvalue weighted by atomic mass is 9.83. The normalized spacial score (nSPS) is 15.7. The van der Waals surface area contributed by atoms with E-state index in [1.54, 1.807) is 4.68 Å². The molecule has 2 heterocycles. The Bertz CT molecular complexity index is 1080. The van der Waals surface area contributed by atoms with Crippen molar-refractivity contribution in [3.63, 3.8) is 0 Å². The minimum absolute atomic E-state index is 0.107. The second kappa shape index (κ2) is 7.41. The fraction of sp³-hybridized carbons (Fsp3) is 0.182. The summed E-state index contributed by atoms with van der Waals surface area (Å²) in [5.41, 5.74) is 10.1. The summed E-state index contributed by atoms with van der Waals surface area (Å²) >= 11 is 6.07. The number of nitrogens with two attached hydrogens (primary N) is 1. The van der Waals surface area contributed by atoms with Crippen LogP contribution in [0.1, 0.15) is 36.1 Å². The Balaban J connectivity index is 1.97. The van der Waals surface area contributed by atoms with E-state index in [2.05, 4.69) is 13.0 Å². The number of aryl methyl sites for hydroxylation is 1. The van der Waals surface area contributed by atoms with Crippen LogP contribution in [0.25, 0.3) is 5.69 Å². The molecule has 0 bridgehead atoms. The van der Waals surface area contributed by atoms with E-state index in [9.17, 15) is 5.26 Å². The second-order valence-corrected chi connectivity index (χ2v) is 7.08. The SMILES string of the molecule is CCCc1nn(-c2ccccc2)c2c1[C@@H](c1ccc(Cl)cc1)C(C#N)=C(N)O2. The number of hydrogen-bond donors (Lipinski definition) is 1. The lowest BCUT2D eigenvalue weighted by Crippen LogP contribution is -2.22. The highest BCUT2D eigenvalue weighted by Crippen LogP contribution is 2.45. The largest absolute Gasteiger partial charge is 0.422 e. The zero-order valence-corrected chi connectivity index (χ0v) is 16.1. The Hall–Kier alpha value is -3.23. The molecule has 0 fully saturated rings. The van der Waals surface area contributed by atoms with Crippen LogP contribution < -0.4 is 10.5 Å². The zero-order valence-electron chi connectivity index (χ0n) is 15.4. The molecule has 3 aromatic rings. The van der Waals surface area contributed by atoms with Crippen molar-refractivity contribution in [3.8, 4) is 17.6 Å². The van der Waals surface area contributed by atoms with Gasteiger partial charge in [-0.1, -0.05) is 55.3 Å². The number of benzene rings is 2. The van der Waals surface area contributed by atoms with E-state index in [-0.39, 0.29) is 11.8 Å². The number of hydrogen-bond acceptors (Lipinski definition) is 4. The van der Waals surface area contributed by atoms with Crippen LogP contribution in [-0.4, -0.2) is 9.78 Å². The Morgan fingerprint density at radius 3 is 2.54 bits per heavy atom. The summed E-state index contributed by atoms with van der Waals surface area (Å²) in [5.74, 6) is 0.325. The average Bonchev–Trinajstić information content (AvgIpc) is 3.06. The van der Waals surface area contributed by atoms with Crippen LogP contribution in [0.15, 0.2) is 66.1 Å². The number of halogens is 1. The number of para-hydroxylation sites is 1. The highest BCUT2D eigenvalue weighted by molar-refractivity contribution is 6.30. The summed E-state index contributed by atoms with van der Waals surface area (Å²) in [6, 6.07) is 19.5. The van der Waals surface area contributed by atoms with E-state index in [1.165, 1.54) is 0 Å². The highest BCUT2D eigenvalue weighted by atomic mass is 35.5. The van der Waals surface area contributed by atoms with Gasteiger partial charge in [0.05, 0.1) is 22.9 Å². The first-order valence-corrected chi connectivity index (χ1v) is 9.52. The van der Waals surface area contributed by atoms with Gasteiger partial charge in [0.2, 0.25) is 11.8 Å². The maximum atomic E-state index is 9.80. The first-order valence-electron chi connectivity index (χ1n) is 9.14. The van der Waals surface area contributed by atoms with Gasteiger partial charge >= 0.3 is 0 Å². The molecule has 1 aliphatic heterocycles. The molecule has 28 heavy (non-hydrogen) atoms. The molecule has 0 radical (unpaired) electrons. The van der Waals surface area contributed by atoms with Crippen LogP contribution in [0.2, 0.25) is 5.02 Å². The summed E-state index contributed by atoms with van der Waals surface area (Å²) in [7, 11) is 0. The number of fused-ring (bicyclic) bond motifs is 1. The number of nitrogens with zero attached hydrogens (tertiary/aromatic N) is 3. The summed E-state index contributed by atoms with van der Waals surface area (Å²) < 4.78 is 7.70. The van der Waals surface area contributed by atoms with Gasteiger partial charge in [-0.25, -0.2) is 4.68 Å². The minimum Gasteiger partial charge on any atom is -0.422 e. The first kappa shape index (κ1) is 18.1. The average molecular weight is 391 g/mol. The molecule has 5 nitrogen and oxygen atoms in total. The maximum Gasteiger partial charge on any atom is 0.229 e. The van der Waals surface area contributed by atoms with Crippen molar-refractivity contribution in [2.45, 2.75) is 25.7 Å². The van der Waals surface area contributed by atoms with Crippen LogP contribution in [0.3, 0.4) is 0 Å². The van der Waals surface area contributed by atoms with Gasteiger partial charge in [-0.2, -0.15) is 10.4 Å². The molecular formula is C22H19ClN4O. The third-order valence-corrected chi connectivity index (χ3v) is 5.07. The molecule has 6 heteroatoms. The van der Waals surface area contributed by atoms with Crippen molar-refractivity contribution in [2.24, 2.45) is 5.73 Å². The molecule has 2 aromatic carbocycles. The van der Waals surface area contributed by atoms with Crippen LogP contribution >= 0.6 is 11.6 Å². The standard InChI is InChI=1S/C22H19ClN4O/c1-2-6-18-20-19(14-9-11-15(23)12-10-14)17(13-24)21(25)28-22(20)27(26-18)16-7-4-3-5-8-16/h3-5,7-12,19H,2,6,25H2,1H3/t19-/m0/s1. The monoisotopic (exact) mass is 390 g/mol. The molecule has 2 N–H and O–H groups in total. The number of ether oxygens (including phenoxy) is 1. The first-order chi connectivity index (χ1) is 13.6. The van der Waals surface area contributed by atoms with Gasteiger partial charge in [0.1, 0.15) is 11.6 Å². The van der Waals surface area contributed by atoms with Gasteiger partial charge in [-0.15, -0.1) is 0 Å². The van der Waals surface area contributed by atoms with E-state index in [0.29, 0.717) is 16.5 Å². The number of aromatic nitrogens is 2. The molecule has 1 aromatic heterocycles. The summed E-state index contributed by atoms with van der Waals surface area (Å²) in [6.45, 7) is 2.10. The molecule has 0 spiro atoms. The maximum absolute atomic E-state index is 9.80. The van der Waals surface area contributed by atoms with Crippen molar-refractivity contribution >= 4 is 11.6 Å². The van der Waals surface area contributed by atoms with Crippen molar-refractivity contribution in [3.05, 3.63) is 87.9 Å². The van der Waals surface area contributed by atoms with Crippen LogP contribution in [0.4, 0.5) is 0 Å². The van der Waals surface area contributed by atoms with Crippen molar-refractivity contribution in [1.82, 2.24) is 9.78 Å². The third-order valence-electron chi connectivity index (χ3n) is 4.82. The predicted molar refractivity (Wildman–Crippen MR) is 108 cm³/mol. The van der Waals surface area contributed by atoms with Crippen LogP contribution in [0.5, 0.6) is 5.88 Å². The van der Waals surface area contributed by atoms with Gasteiger partial charge in [0.25, 0.3) is 0 Å². The number of rotatable bonds is 4. The molecule has 0 amide bonds. The molecule has 4 rings (SSSR count).